The van der Waals surface area contributed by atoms with Crippen molar-refractivity contribution in [2.24, 2.45) is 11.8 Å². The van der Waals surface area contributed by atoms with Gasteiger partial charge in [-0.05, 0) is 31.1 Å². The number of amides is 1. The number of hydrogen-bond donors (Lipinski definition) is 3. The van der Waals surface area contributed by atoms with Gasteiger partial charge in [-0.15, -0.1) is 0 Å². The molecule has 5 heteroatoms. The minimum absolute atomic E-state index is 0.157. The molecular weight excluding hydrogens is 264 g/mol. The largest absolute Gasteiger partial charge is 0.395 e. The Morgan fingerprint density at radius 2 is 2.29 bits per heavy atom. The summed E-state index contributed by atoms with van der Waals surface area (Å²) in [5.74, 6) is 1.43. The van der Waals surface area contributed by atoms with Gasteiger partial charge in [-0.3, -0.25) is 9.89 Å². The third-order valence-corrected chi connectivity index (χ3v) is 4.48. The summed E-state index contributed by atoms with van der Waals surface area (Å²) < 4.78 is 0. The van der Waals surface area contributed by atoms with Crippen LogP contribution < -0.4 is 11.1 Å². The molecule has 2 atom stereocenters. The number of hydrogen-bond acceptors (Lipinski definition) is 3. The zero-order valence-corrected chi connectivity index (χ0v) is 13.2. The van der Waals surface area contributed by atoms with E-state index in [1.165, 1.54) is 25.7 Å². The van der Waals surface area contributed by atoms with Crippen molar-refractivity contribution in [3.8, 4) is 0 Å². The maximum Gasteiger partial charge on any atom is 0.273 e. The molecule has 2 unspecified atom stereocenters. The number of rotatable bonds is 6. The summed E-state index contributed by atoms with van der Waals surface area (Å²) in [6, 6.07) is 0. The van der Waals surface area contributed by atoms with Gasteiger partial charge < -0.3 is 11.1 Å². The van der Waals surface area contributed by atoms with Crippen molar-refractivity contribution in [1.82, 2.24) is 15.5 Å². The molecule has 0 aliphatic heterocycles. The van der Waals surface area contributed by atoms with Gasteiger partial charge in [-0.25, -0.2) is 0 Å². The molecule has 0 radical (unpaired) electrons. The van der Waals surface area contributed by atoms with Crippen molar-refractivity contribution in [3.63, 3.8) is 0 Å². The summed E-state index contributed by atoms with van der Waals surface area (Å²) in [6.07, 6.45) is 8.13. The van der Waals surface area contributed by atoms with Crippen LogP contribution in [0.3, 0.4) is 0 Å². The molecule has 5 nitrogen and oxygen atoms in total. The Balaban J connectivity index is 1.79. The number of aromatic nitrogens is 2. The van der Waals surface area contributed by atoms with Gasteiger partial charge in [-0.2, -0.15) is 5.10 Å². The average Bonchev–Trinajstić information content (AvgIpc) is 2.81. The smallest absolute Gasteiger partial charge is 0.273 e. The molecule has 21 heavy (non-hydrogen) atoms. The number of carbonyl (C=O) groups excluding carboxylic acids is 1. The number of H-pyrrole nitrogens is 1. The summed E-state index contributed by atoms with van der Waals surface area (Å²) in [4.78, 5) is 12.1. The van der Waals surface area contributed by atoms with E-state index in [1.54, 1.807) is 0 Å². The highest BCUT2D eigenvalue weighted by molar-refractivity contribution is 5.97. The van der Waals surface area contributed by atoms with Crippen LogP contribution in [-0.2, 0) is 6.42 Å². The summed E-state index contributed by atoms with van der Waals surface area (Å²) in [5, 5.41) is 9.87. The maximum atomic E-state index is 12.1. The highest BCUT2D eigenvalue weighted by Gasteiger charge is 2.20. The second-order valence-corrected chi connectivity index (χ2v) is 6.40. The molecule has 4 N–H and O–H groups in total. The Bertz CT molecular complexity index is 469. The number of carbonyl (C=O) groups is 1. The summed E-state index contributed by atoms with van der Waals surface area (Å²) in [5.41, 5.74) is 7.68. The van der Waals surface area contributed by atoms with Crippen molar-refractivity contribution < 1.29 is 4.79 Å². The molecule has 1 aliphatic rings. The number of nitrogen functional groups attached to an aromatic ring is 1. The minimum atomic E-state index is -0.157. The number of nitrogens with one attached hydrogen (secondary N) is 2. The van der Waals surface area contributed by atoms with Gasteiger partial charge in [0.15, 0.2) is 5.69 Å². The molecule has 1 aromatic rings. The summed E-state index contributed by atoms with van der Waals surface area (Å²) >= 11 is 0. The lowest BCUT2D eigenvalue weighted by molar-refractivity contribution is 0.0945. The second kappa shape index (κ2) is 7.48. The van der Waals surface area contributed by atoms with Crippen LogP contribution in [0.25, 0.3) is 0 Å². The van der Waals surface area contributed by atoms with Crippen LogP contribution in [0.2, 0.25) is 0 Å². The van der Waals surface area contributed by atoms with Gasteiger partial charge in [0.2, 0.25) is 0 Å². The molecule has 1 amide bonds. The number of aromatic amines is 1. The zero-order chi connectivity index (χ0) is 15.2. The quantitative estimate of drug-likeness (QED) is 0.753. The minimum Gasteiger partial charge on any atom is -0.395 e. The Labute approximate surface area is 127 Å². The van der Waals surface area contributed by atoms with Gasteiger partial charge in [0.25, 0.3) is 5.91 Å². The molecule has 1 fully saturated rings. The van der Waals surface area contributed by atoms with Crippen LogP contribution in [0.4, 0.5) is 5.69 Å². The second-order valence-electron chi connectivity index (χ2n) is 6.40. The van der Waals surface area contributed by atoms with E-state index in [4.69, 9.17) is 5.73 Å². The SMILES string of the molecule is CCCc1[nH]nc(C(=O)NCCC2CCCC(C)C2)c1N. The molecule has 0 bridgehead atoms. The number of anilines is 1. The van der Waals surface area contributed by atoms with E-state index in [0.29, 0.717) is 17.9 Å². The predicted octanol–water partition coefficient (Wildman–Crippen LogP) is 2.89. The highest BCUT2D eigenvalue weighted by Crippen LogP contribution is 2.30. The molecule has 0 spiro atoms. The molecular formula is C16H28N4O. The summed E-state index contributed by atoms with van der Waals surface area (Å²) in [6.45, 7) is 5.11. The maximum absolute atomic E-state index is 12.1. The molecule has 0 saturated heterocycles. The van der Waals surface area contributed by atoms with Gasteiger partial charge in [-0.1, -0.05) is 39.5 Å². The van der Waals surface area contributed by atoms with E-state index in [2.05, 4.69) is 29.4 Å². The van der Waals surface area contributed by atoms with E-state index >= 15 is 0 Å². The van der Waals surface area contributed by atoms with E-state index in [0.717, 1.165) is 36.8 Å². The molecule has 1 saturated carbocycles. The fourth-order valence-corrected chi connectivity index (χ4v) is 3.30. The van der Waals surface area contributed by atoms with E-state index in [1.807, 2.05) is 0 Å². The Hall–Kier alpha value is -1.52. The first-order chi connectivity index (χ1) is 10.1. The fourth-order valence-electron chi connectivity index (χ4n) is 3.30. The normalized spacial score (nSPS) is 22.2. The predicted molar refractivity (Wildman–Crippen MR) is 85.1 cm³/mol. The van der Waals surface area contributed by atoms with Crippen LogP contribution in [-0.4, -0.2) is 22.6 Å². The van der Waals surface area contributed by atoms with Crippen molar-refractivity contribution in [2.45, 2.75) is 58.8 Å². The number of nitrogens with two attached hydrogens (primary N) is 1. The van der Waals surface area contributed by atoms with Crippen molar-refractivity contribution in [1.29, 1.82) is 0 Å². The summed E-state index contributed by atoms with van der Waals surface area (Å²) in [7, 11) is 0. The van der Waals surface area contributed by atoms with E-state index in [9.17, 15) is 4.79 Å². The Morgan fingerprint density at radius 3 is 3.00 bits per heavy atom. The fraction of sp³-hybridized carbons (Fsp3) is 0.750. The molecule has 118 valence electrons. The average molecular weight is 292 g/mol. The topological polar surface area (TPSA) is 83.8 Å². The monoisotopic (exact) mass is 292 g/mol. The molecule has 0 aromatic carbocycles. The molecule has 1 heterocycles. The Kier molecular flexibility index (Phi) is 5.65. The molecule has 2 rings (SSSR count). The van der Waals surface area contributed by atoms with E-state index in [-0.39, 0.29) is 5.91 Å². The third-order valence-electron chi connectivity index (χ3n) is 4.48. The first-order valence-corrected chi connectivity index (χ1v) is 8.22. The molecule has 1 aliphatic carbocycles. The van der Waals surface area contributed by atoms with E-state index < -0.39 is 0 Å². The van der Waals surface area contributed by atoms with Crippen LogP contribution in [0, 0.1) is 11.8 Å². The molecule has 1 aromatic heterocycles. The lowest BCUT2D eigenvalue weighted by Crippen LogP contribution is -2.28. The van der Waals surface area contributed by atoms with Crippen LogP contribution >= 0.6 is 0 Å². The van der Waals surface area contributed by atoms with Gasteiger partial charge in [0.05, 0.1) is 11.4 Å². The van der Waals surface area contributed by atoms with Gasteiger partial charge in [0.1, 0.15) is 0 Å². The first kappa shape index (κ1) is 15.9. The van der Waals surface area contributed by atoms with Crippen molar-refractivity contribution in [2.75, 3.05) is 12.3 Å². The lowest BCUT2D eigenvalue weighted by Gasteiger charge is -2.26. The highest BCUT2D eigenvalue weighted by atomic mass is 16.1. The number of nitrogens with zero attached hydrogens (tertiary/aromatic N) is 1. The van der Waals surface area contributed by atoms with Crippen molar-refractivity contribution in [3.05, 3.63) is 11.4 Å². The standard InChI is InChI=1S/C16H28N4O/c1-3-5-13-14(17)15(20-19-13)16(21)18-9-8-12-7-4-6-11(2)10-12/h11-12H,3-10,17H2,1-2H3,(H,18,21)(H,19,20). The number of aryl methyl sites for hydroxylation is 1. The zero-order valence-electron chi connectivity index (χ0n) is 13.2. The van der Waals surface area contributed by atoms with Crippen LogP contribution in [0.15, 0.2) is 0 Å². The van der Waals surface area contributed by atoms with Gasteiger partial charge in [0, 0.05) is 6.54 Å². The first-order valence-electron chi connectivity index (χ1n) is 8.22. The van der Waals surface area contributed by atoms with Crippen LogP contribution in [0.1, 0.15) is 68.6 Å². The van der Waals surface area contributed by atoms with Gasteiger partial charge >= 0.3 is 0 Å². The lowest BCUT2D eigenvalue weighted by atomic mass is 9.81. The third kappa shape index (κ3) is 4.22. The van der Waals surface area contributed by atoms with Crippen LogP contribution in [0.5, 0.6) is 0 Å². The Morgan fingerprint density at radius 1 is 1.48 bits per heavy atom. The van der Waals surface area contributed by atoms with Crippen molar-refractivity contribution >= 4 is 11.6 Å².